The van der Waals surface area contributed by atoms with Crippen molar-refractivity contribution in [2.45, 2.75) is 0 Å². The Bertz CT molecular complexity index is 922. The summed E-state index contributed by atoms with van der Waals surface area (Å²) in [5.74, 6) is -0.175. The molecule has 118 valence electrons. The van der Waals surface area contributed by atoms with Crippen LogP contribution in [0.5, 0.6) is 0 Å². The van der Waals surface area contributed by atoms with Crippen LogP contribution in [0.25, 0.3) is 22.4 Å². The van der Waals surface area contributed by atoms with Crippen molar-refractivity contribution in [2.24, 2.45) is 0 Å². The van der Waals surface area contributed by atoms with Crippen LogP contribution in [0.15, 0.2) is 48.8 Å². The standard InChI is InChI=1S/C15H13FN4O2S/c1-23(21,22)20-15-13(10-6-8-17-9-7-10)14(18-19-15)11-2-4-12(16)5-3-11/h2-9H,1H3,(H2,18,19,20). The molecule has 0 aliphatic heterocycles. The molecule has 0 saturated carbocycles. The van der Waals surface area contributed by atoms with Gasteiger partial charge in [-0.2, -0.15) is 5.10 Å². The first kappa shape index (κ1) is 15.2. The summed E-state index contributed by atoms with van der Waals surface area (Å²) in [6.07, 6.45) is 4.25. The molecule has 1 aromatic carbocycles. The van der Waals surface area contributed by atoms with Crippen LogP contribution in [-0.2, 0) is 10.0 Å². The molecule has 0 aliphatic rings. The van der Waals surface area contributed by atoms with Gasteiger partial charge in [0.05, 0.1) is 17.5 Å². The van der Waals surface area contributed by atoms with Crippen molar-refractivity contribution in [2.75, 3.05) is 11.0 Å². The largest absolute Gasteiger partial charge is 0.275 e. The van der Waals surface area contributed by atoms with Crippen LogP contribution in [0, 0.1) is 5.82 Å². The molecule has 0 radical (unpaired) electrons. The number of hydrogen-bond acceptors (Lipinski definition) is 4. The first-order valence-corrected chi connectivity index (χ1v) is 8.56. The van der Waals surface area contributed by atoms with Gasteiger partial charge in [0.2, 0.25) is 10.0 Å². The highest BCUT2D eigenvalue weighted by Gasteiger charge is 2.19. The second kappa shape index (κ2) is 5.81. The number of nitrogens with one attached hydrogen (secondary N) is 2. The van der Waals surface area contributed by atoms with Gasteiger partial charge in [0, 0.05) is 18.0 Å². The lowest BCUT2D eigenvalue weighted by molar-refractivity contribution is 0.606. The van der Waals surface area contributed by atoms with E-state index in [4.69, 9.17) is 0 Å². The fourth-order valence-corrected chi connectivity index (χ4v) is 2.72. The molecule has 0 saturated heterocycles. The molecule has 2 heterocycles. The SMILES string of the molecule is CS(=O)(=O)Nc1n[nH]c(-c2ccc(F)cc2)c1-c1ccncc1. The Kier molecular flexibility index (Phi) is 3.83. The van der Waals surface area contributed by atoms with Crippen LogP contribution in [0.4, 0.5) is 10.2 Å². The molecule has 0 spiro atoms. The van der Waals surface area contributed by atoms with Crippen molar-refractivity contribution in [1.82, 2.24) is 15.2 Å². The van der Waals surface area contributed by atoms with Gasteiger partial charge in [0.15, 0.2) is 5.82 Å². The lowest BCUT2D eigenvalue weighted by Crippen LogP contribution is -2.10. The van der Waals surface area contributed by atoms with Crippen LogP contribution in [0.2, 0.25) is 0 Å². The van der Waals surface area contributed by atoms with E-state index in [-0.39, 0.29) is 11.6 Å². The molecule has 2 aromatic heterocycles. The minimum Gasteiger partial charge on any atom is -0.275 e. The molecule has 3 aromatic rings. The summed E-state index contributed by atoms with van der Waals surface area (Å²) < 4.78 is 38.6. The Morgan fingerprint density at radius 2 is 1.70 bits per heavy atom. The topological polar surface area (TPSA) is 87.7 Å². The number of H-pyrrole nitrogens is 1. The molecule has 0 amide bonds. The van der Waals surface area contributed by atoms with Gasteiger partial charge in [0.1, 0.15) is 5.82 Å². The maximum Gasteiger partial charge on any atom is 0.231 e. The fraction of sp³-hybridized carbons (Fsp3) is 0.0667. The maximum atomic E-state index is 13.1. The first-order chi connectivity index (χ1) is 10.9. The lowest BCUT2D eigenvalue weighted by atomic mass is 10.0. The van der Waals surface area contributed by atoms with Gasteiger partial charge in [-0.05, 0) is 42.0 Å². The molecule has 3 rings (SSSR count). The highest BCUT2D eigenvalue weighted by molar-refractivity contribution is 7.92. The van der Waals surface area contributed by atoms with Crippen LogP contribution in [0.1, 0.15) is 0 Å². The third kappa shape index (κ3) is 3.37. The molecular weight excluding hydrogens is 319 g/mol. The van der Waals surface area contributed by atoms with E-state index in [1.54, 1.807) is 36.7 Å². The summed E-state index contributed by atoms with van der Waals surface area (Å²) in [5, 5.41) is 6.86. The molecule has 0 unspecified atom stereocenters. The van der Waals surface area contributed by atoms with Gasteiger partial charge in [-0.1, -0.05) is 0 Å². The van der Waals surface area contributed by atoms with Crippen LogP contribution in [-0.4, -0.2) is 29.9 Å². The van der Waals surface area contributed by atoms with Gasteiger partial charge in [-0.3, -0.25) is 14.8 Å². The number of aromatic amines is 1. The third-order valence-electron chi connectivity index (χ3n) is 3.15. The van der Waals surface area contributed by atoms with Crippen molar-refractivity contribution < 1.29 is 12.8 Å². The smallest absolute Gasteiger partial charge is 0.231 e. The Balaban J connectivity index is 2.19. The monoisotopic (exact) mass is 332 g/mol. The summed E-state index contributed by atoms with van der Waals surface area (Å²) in [6, 6.07) is 9.33. The van der Waals surface area contributed by atoms with Gasteiger partial charge in [-0.25, -0.2) is 12.8 Å². The number of hydrogen-bond donors (Lipinski definition) is 2. The molecule has 0 fully saturated rings. The highest BCUT2D eigenvalue weighted by Crippen LogP contribution is 2.36. The van der Waals surface area contributed by atoms with E-state index in [0.29, 0.717) is 16.8 Å². The third-order valence-corrected chi connectivity index (χ3v) is 3.71. The van der Waals surface area contributed by atoms with Crippen molar-refractivity contribution in [1.29, 1.82) is 0 Å². The van der Waals surface area contributed by atoms with Crippen LogP contribution < -0.4 is 4.72 Å². The van der Waals surface area contributed by atoms with Crippen molar-refractivity contribution in [3.05, 3.63) is 54.6 Å². The molecule has 8 heteroatoms. The Morgan fingerprint density at radius 3 is 2.30 bits per heavy atom. The normalized spacial score (nSPS) is 11.4. The lowest BCUT2D eigenvalue weighted by Gasteiger charge is -2.07. The summed E-state index contributed by atoms with van der Waals surface area (Å²) in [4.78, 5) is 3.95. The van der Waals surface area contributed by atoms with Gasteiger partial charge < -0.3 is 0 Å². The van der Waals surface area contributed by atoms with Crippen molar-refractivity contribution >= 4 is 15.8 Å². The number of nitrogens with zero attached hydrogens (tertiary/aromatic N) is 2. The Morgan fingerprint density at radius 1 is 1.04 bits per heavy atom. The summed E-state index contributed by atoms with van der Waals surface area (Å²) in [7, 11) is -3.49. The number of pyridine rings is 1. The molecular formula is C15H13FN4O2S. The van der Waals surface area contributed by atoms with Gasteiger partial charge >= 0.3 is 0 Å². The highest BCUT2D eigenvalue weighted by atomic mass is 32.2. The van der Waals surface area contributed by atoms with E-state index in [2.05, 4.69) is 19.9 Å². The van der Waals surface area contributed by atoms with E-state index in [0.717, 1.165) is 11.8 Å². The number of rotatable bonds is 4. The number of sulfonamides is 1. The maximum absolute atomic E-state index is 13.1. The summed E-state index contributed by atoms with van der Waals surface area (Å²) >= 11 is 0. The van der Waals surface area contributed by atoms with E-state index in [9.17, 15) is 12.8 Å². The molecule has 23 heavy (non-hydrogen) atoms. The van der Waals surface area contributed by atoms with E-state index in [1.165, 1.54) is 12.1 Å². The van der Waals surface area contributed by atoms with Crippen LogP contribution >= 0.6 is 0 Å². The fourth-order valence-electron chi connectivity index (χ4n) is 2.22. The molecule has 0 bridgehead atoms. The van der Waals surface area contributed by atoms with Crippen molar-refractivity contribution in [3.8, 4) is 22.4 Å². The number of benzene rings is 1. The quantitative estimate of drug-likeness (QED) is 0.769. The number of anilines is 1. The van der Waals surface area contributed by atoms with E-state index < -0.39 is 10.0 Å². The predicted molar refractivity (Wildman–Crippen MR) is 85.7 cm³/mol. The summed E-state index contributed by atoms with van der Waals surface area (Å²) in [5.41, 5.74) is 2.58. The van der Waals surface area contributed by atoms with Gasteiger partial charge in [0.25, 0.3) is 0 Å². The minimum atomic E-state index is -3.49. The molecule has 6 nitrogen and oxygen atoms in total. The van der Waals surface area contributed by atoms with Gasteiger partial charge in [-0.15, -0.1) is 0 Å². The molecule has 2 N–H and O–H groups in total. The zero-order valence-corrected chi connectivity index (χ0v) is 12.9. The zero-order chi connectivity index (χ0) is 16.4. The average Bonchev–Trinajstić information content (AvgIpc) is 2.90. The first-order valence-electron chi connectivity index (χ1n) is 6.66. The number of halogens is 1. The second-order valence-electron chi connectivity index (χ2n) is 4.94. The van der Waals surface area contributed by atoms with E-state index >= 15 is 0 Å². The number of aromatic nitrogens is 3. The van der Waals surface area contributed by atoms with Crippen LogP contribution in [0.3, 0.4) is 0 Å². The molecule has 0 aliphatic carbocycles. The van der Waals surface area contributed by atoms with E-state index in [1.807, 2.05) is 0 Å². The summed E-state index contributed by atoms with van der Waals surface area (Å²) in [6.45, 7) is 0. The molecule has 0 atom stereocenters. The predicted octanol–water partition coefficient (Wildman–Crippen LogP) is 2.65. The van der Waals surface area contributed by atoms with Crippen molar-refractivity contribution in [3.63, 3.8) is 0 Å². The Labute approximate surface area is 132 Å². The minimum absolute atomic E-state index is 0.179. The second-order valence-corrected chi connectivity index (χ2v) is 6.69. The average molecular weight is 332 g/mol. The zero-order valence-electron chi connectivity index (χ0n) is 12.1. The Hall–Kier alpha value is -2.74.